The predicted molar refractivity (Wildman–Crippen MR) is 96.8 cm³/mol. The summed E-state index contributed by atoms with van der Waals surface area (Å²) in [5, 5.41) is 2.92. The highest BCUT2D eigenvalue weighted by Gasteiger charge is 2.07. The van der Waals surface area contributed by atoms with Gasteiger partial charge < -0.3 is 10.1 Å². The van der Waals surface area contributed by atoms with Crippen LogP contribution in [0.3, 0.4) is 0 Å². The Morgan fingerprint density at radius 2 is 1.76 bits per heavy atom. The van der Waals surface area contributed by atoms with Gasteiger partial charge in [-0.2, -0.15) is 0 Å². The number of ether oxygens (including phenoxy) is 1. The van der Waals surface area contributed by atoms with E-state index in [1.54, 1.807) is 36.4 Å². The molecule has 8 heteroatoms. The molecule has 0 spiro atoms. The molecule has 2 rings (SSSR count). The average molecular weight is 365 g/mol. The van der Waals surface area contributed by atoms with Crippen molar-refractivity contribution in [2.45, 2.75) is 13.5 Å². The summed E-state index contributed by atoms with van der Waals surface area (Å²) in [6.07, 6.45) is 1.04. The molecule has 0 aromatic heterocycles. The van der Waals surface area contributed by atoms with Crippen molar-refractivity contribution in [2.75, 3.05) is 18.2 Å². The third kappa shape index (κ3) is 6.80. The Morgan fingerprint density at radius 1 is 1.12 bits per heavy atom. The van der Waals surface area contributed by atoms with Crippen LogP contribution < -0.4 is 14.8 Å². The lowest BCUT2D eigenvalue weighted by Crippen LogP contribution is -2.35. The second-order valence-electron chi connectivity index (χ2n) is 5.25. The van der Waals surface area contributed by atoms with E-state index in [0.717, 1.165) is 11.8 Å². The summed E-state index contributed by atoms with van der Waals surface area (Å²) in [5.41, 5.74) is 1.40. The number of benzene rings is 2. The Labute approximate surface area is 146 Å². The van der Waals surface area contributed by atoms with Gasteiger partial charge in [0.1, 0.15) is 11.6 Å². The Bertz CT molecular complexity index is 819. The lowest BCUT2D eigenvalue weighted by Gasteiger charge is -2.12. The van der Waals surface area contributed by atoms with Gasteiger partial charge in [-0.25, -0.2) is 17.8 Å². The minimum atomic E-state index is -3.50. The van der Waals surface area contributed by atoms with E-state index in [1.807, 2.05) is 6.92 Å². The van der Waals surface area contributed by atoms with Gasteiger partial charge in [-0.15, -0.1) is 0 Å². The van der Waals surface area contributed by atoms with E-state index in [-0.39, 0.29) is 18.3 Å². The summed E-state index contributed by atoms with van der Waals surface area (Å²) in [7, 11) is -3.50. The van der Waals surface area contributed by atoms with Crippen LogP contribution in [0.1, 0.15) is 12.5 Å². The number of nitrogens with zero attached hydrogens (tertiary/aromatic N) is 1. The maximum atomic E-state index is 12.9. The van der Waals surface area contributed by atoms with Crippen LogP contribution in [-0.2, 0) is 16.6 Å². The van der Waals surface area contributed by atoms with E-state index in [9.17, 15) is 12.8 Å². The molecule has 0 radical (unpaired) electrons. The molecule has 0 aliphatic carbocycles. The molecule has 0 aliphatic heterocycles. The van der Waals surface area contributed by atoms with Crippen molar-refractivity contribution in [3.05, 3.63) is 59.9 Å². The first kappa shape index (κ1) is 18.7. The highest BCUT2D eigenvalue weighted by molar-refractivity contribution is 7.89. The predicted octanol–water partition coefficient (Wildman–Crippen LogP) is 2.74. The van der Waals surface area contributed by atoms with Gasteiger partial charge in [0.25, 0.3) is 0 Å². The molecular formula is C17H20FN3O3S. The first-order valence-electron chi connectivity index (χ1n) is 7.62. The fourth-order valence-electron chi connectivity index (χ4n) is 1.97. The van der Waals surface area contributed by atoms with Gasteiger partial charge in [-0.3, -0.25) is 4.72 Å². The van der Waals surface area contributed by atoms with Gasteiger partial charge in [0, 0.05) is 5.69 Å². The summed E-state index contributed by atoms with van der Waals surface area (Å²) in [4.78, 5) is 4.22. The van der Waals surface area contributed by atoms with Crippen LogP contribution in [0.15, 0.2) is 53.5 Å². The van der Waals surface area contributed by atoms with Crippen LogP contribution in [0.5, 0.6) is 5.75 Å². The molecule has 0 saturated heterocycles. The van der Waals surface area contributed by atoms with Crippen molar-refractivity contribution < 1.29 is 17.5 Å². The average Bonchev–Trinajstić information content (AvgIpc) is 2.55. The molecule has 0 amide bonds. The molecule has 0 saturated carbocycles. The minimum Gasteiger partial charge on any atom is -0.494 e. The number of halogens is 1. The number of rotatable bonds is 6. The van der Waals surface area contributed by atoms with E-state index in [0.29, 0.717) is 18.0 Å². The first-order valence-corrected chi connectivity index (χ1v) is 9.51. The number of aliphatic imine (C=N–C) groups is 1. The highest BCUT2D eigenvalue weighted by atomic mass is 32.2. The standard InChI is InChI=1S/C17H20FN3O3S/c1-3-24-16-10-8-15(9-11-16)20-17(21-25(2,22)23)19-12-13-4-6-14(18)7-5-13/h4-11H,3,12H2,1-2H3,(H2,19,20,21). The lowest BCUT2D eigenvalue weighted by atomic mass is 10.2. The van der Waals surface area contributed by atoms with Crippen molar-refractivity contribution in [3.8, 4) is 5.75 Å². The van der Waals surface area contributed by atoms with Crippen molar-refractivity contribution in [3.63, 3.8) is 0 Å². The number of hydrogen-bond donors (Lipinski definition) is 2. The van der Waals surface area contributed by atoms with E-state index in [4.69, 9.17) is 4.74 Å². The second-order valence-corrected chi connectivity index (χ2v) is 7.00. The van der Waals surface area contributed by atoms with Gasteiger partial charge in [-0.05, 0) is 48.9 Å². The van der Waals surface area contributed by atoms with Crippen LogP contribution >= 0.6 is 0 Å². The number of hydrogen-bond acceptors (Lipinski definition) is 4. The number of anilines is 1. The monoisotopic (exact) mass is 365 g/mol. The quantitative estimate of drug-likeness (QED) is 0.609. The van der Waals surface area contributed by atoms with Crippen LogP contribution in [-0.4, -0.2) is 27.2 Å². The van der Waals surface area contributed by atoms with Crippen molar-refractivity contribution >= 4 is 21.7 Å². The molecule has 2 aromatic rings. The van der Waals surface area contributed by atoms with Crippen LogP contribution in [0.2, 0.25) is 0 Å². The summed E-state index contributed by atoms with van der Waals surface area (Å²) in [6, 6.07) is 12.9. The molecular weight excluding hydrogens is 345 g/mol. The van der Waals surface area contributed by atoms with Gasteiger partial charge in [0.2, 0.25) is 16.0 Å². The van der Waals surface area contributed by atoms with Crippen molar-refractivity contribution in [1.29, 1.82) is 0 Å². The highest BCUT2D eigenvalue weighted by Crippen LogP contribution is 2.15. The molecule has 0 fully saturated rings. The van der Waals surface area contributed by atoms with E-state index in [1.165, 1.54) is 12.1 Å². The van der Waals surface area contributed by atoms with E-state index < -0.39 is 10.0 Å². The fraction of sp³-hybridized carbons (Fsp3) is 0.235. The largest absolute Gasteiger partial charge is 0.494 e. The fourth-order valence-corrected chi connectivity index (χ4v) is 2.44. The second kappa shape index (κ2) is 8.48. The smallest absolute Gasteiger partial charge is 0.232 e. The third-order valence-electron chi connectivity index (χ3n) is 3.04. The normalized spacial score (nSPS) is 11.9. The van der Waals surface area contributed by atoms with Crippen molar-refractivity contribution in [1.82, 2.24) is 4.72 Å². The number of guanidine groups is 1. The third-order valence-corrected chi connectivity index (χ3v) is 3.61. The van der Waals surface area contributed by atoms with Gasteiger partial charge in [0.05, 0.1) is 19.4 Å². The Kier molecular flexibility index (Phi) is 6.35. The molecule has 6 nitrogen and oxygen atoms in total. The molecule has 25 heavy (non-hydrogen) atoms. The zero-order valence-electron chi connectivity index (χ0n) is 14.0. The zero-order chi connectivity index (χ0) is 18.3. The molecule has 0 atom stereocenters. The Hall–Kier alpha value is -2.61. The topological polar surface area (TPSA) is 79.8 Å². The summed E-state index contributed by atoms with van der Waals surface area (Å²) >= 11 is 0. The molecule has 134 valence electrons. The molecule has 2 aromatic carbocycles. The SMILES string of the molecule is CCOc1ccc(NC(=NCc2ccc(F)cc2)NS(C)(=O)=O)cc1. The van der Waals surface area contributed by atoms with E-state index >= 15 is 0 Å². The Balaban J connectivity index is 2.14. The maximum Gasteiger partial charge on any atom is 0.232 e. The molecule has 2 N–H and O–H groups in total. The van der Waals surface area contributed by atoms with Crippen LogP contribution in [0, 0.1) is 5.82 Å². The molecule has 0 heterocycles. The van der Waals surface area contributed by atoms with Crippen LogP contribution in [0.25, 0.3) is 0 Å². The summed E-state index contributed by atoms with van der Waals surface area (Å²) in [5.74, 6) is 0.458. The summed E-state index contributed by atoms with van der Waals surface area (Å²) in [6.45, 7) is 2.65. The molecule has 0 bridgehead atoms. The number of sulfonamides is 1. The van der Waals surface area contributed by atoms with Crippen molar-refractivity contribution in [2.24, 2.45) is 4.99 Å². The molecule has 0 unspecified atom stereocenters. The Morgan fingerprint density at radius 3 is 2.32 bits per heavy atom. The summed E-state index contributed by atoms with van der Waals surface area (Å²) < 4.78 is 43.7. The maximum absolute atomic E-state index is 12.9. The minimum absolute atomic E-state index is 0.0796. The van der Waals surface area contributed by atoms with E-state index in [2.05, 4.69) is 15.0 Å². The number of nitrogens with one attached hydrogen (secondary N) is 2. The lowest BCUT2D eigenvalue weighted by molar-refractivity contribution is 0.340. The van der Waals surface area contributed by atoms with Gasteiger partial charge in [0.15, 0.2) is 0 Å². The van der Waals surface area contributed by atoms with Gasteiger partial charge >= 0.3 is 0 Å². The molecule has 0 aliphatic rings. The first-order chi connectivity index (χ1) is 11.9. The zero-order valence-corrected chi connectivity index (χ0v) is 14.8. The van der Waals surface area contributed by atoms with Crippen LogP contribution in [0.4, 0.5) is 10.1 Å². The van der Waals surface area contributed by atoms with Gasteiger partial charge in [-0.1, -0.05) is 12.1 Å².